The minimum absolute atomic E-state index is 0.345. The number of nitriles is 1. The van der Waals surface area contributed by atoms with Crippen LogP contribution in [0.3, 0.4) is 0 Å². The third-order valence-electron chi connectivity index (χ3n) is 3.79. The Morgan fingerprint density at radius 1 is 1.26 bits per heavy atom. The number of hydrogen-bond donors (Lipinski definition) is 1. The van der Waals surface area contributed by atoms with Crippen LogP contribution in [0, 0.1) is 11.3 Å². The molecule has 0 saturated heterocycles. The summed E-state index contributed by atoms with van der Waals surface area (Å²) in [4.78, 5) is 23.8. The molecule has 1 N–H and O–H groups in total. The molecular weight excluding hydrogens is 296 g/mol. The van der Waals surface area contributed by atoms with Gasteiger partial charge in [-0.2, -0.15) is 5.26 Å². The van der Waals surface area contributed by atoms with E-state index in [2.05, 4.69) is 11.4 Å². The monoisotopic (exact) mass is 316 g/mol. The number of carbonyl (C=O) groups excluding carboxylic acids is 2. The number of nitrogens with one attached hydrogen (secondary N) is 1. The zero-order valence-corrected chi connectivity index (χ0v) is 13.1. The number of ether oxygens (including phenoxy) is 2. The lowest BCUT2D eigenvalue weighted by Crippen LogP contribution is -2.46. The maximum Gasteiger partial charge on any atom is 0.338 e. The highest BCUT2D eigenvalue weighted by Gasteiger charge is 2.35. The average Bonchev–Trinajstić information content (AvgIpc) is 3.02. The molecule has 1 aliphatic rings. The molecule has 23 heavy (non-hydrogen) atoms. The van der Waals surface area contributed by atoms with Crippen LogP contribution in [0.2, 0.25) is 0 Å². The molecule has 1 aliphatic carbocycles. The number of rotatable bonds is 6. The second kappa shape index (κ2) is 7.63. The summed E-state index contributed by atoms with van der Waals surface area (Å²) < 4.78 is 10.3. The van der Waals surface area contributed by atoms with Crippen molar-refractivity contribution >= 4 is 11.9 Å². The molecule has 6 nitrogen and oxygen atoms in total. The van der Waals surface area contributed by atoms with Crippen LogP contribution in [0.25, 0.3) is 0 Å². The number of amides is 1. The lowest BCUT2D eigenvalue weighted by molar-refractivity contribution is -0.125. The molecule has 1 amide bonds. The van der Waals surface area contributed by atoms with Crippen molar-refractivity contribution in [2.45, 2.75) is 38.1 Å². The smallest absolute Gasteiger partial charge is 0.338 e. The molecule has 122 valence electrons. The molecule has 1 saturated carbocycles. The van der Waals surface area contributed by atoms with Crippen molar-refractivity contribution in [2.75, 3.05) is 13.2 Å². The number of nitrogens with zero attached hydrogens (tertiary/aromatic N) is 1. The van der Waals surface area contributed by atoms with Gasteiger partial charge in [0.2, 0.25) is 0 Å². The van der Waals surface area contributed by atoms with Crippen LogP contribution < -0.4 is 10.1 Å². The van der Waals surface area contributed by atoms with Crippen LogP contribution in [0.4, 0.5) is 0 Å². The van der Waals surface area contributed by atoms with Gasteiger partial charge in [0.1, 0.15) is 11.3 Å². The van der Waals surface area contributed by atoms with E-state index >= 15 is 0 Å². The average molecular weight is 316 g/mol. The van der Waals surface area contributed by atoms with Gasteiger partial charge in [-0.15, -0.1) is 0 Å². The summed E-state index contributed by atoms with van der Waals surface area (Å²) in [6.45, 7) is 2.03. The zero-order valence-electron chi connectivity index (χ0n) is 13.1. The summed E-state index contributed by atoms with van der Waals surface area (Å²) in [5, 5.41) is 11.9. The molecular formula is C17H20N2O4. The Labute approximate surface area is 135 Å². The first kappa shape index (κ1) is 16.8. The highest BCUT2D eigenvalue weighted by atomic mass is 16.5. The van der Waals surface area contributed by atoms with Gasteiger partial charge in [-0.1, -0.05) is 0 Å². The van der Waals surface area contributed by atoms with E-state index < -0.39 is 24.0 Å². The molecule has 2 rings (SSSR count). The fraction of sp³-hybridized carbons (Fsp3) is 0.471. The molecule has 1 fully saturated rings. The zero-order chi connectivity index (χ0) is 16.7. The Hall–Kier alpha value is -2.55. The Morgan fingerprint density at radius 2 is 1.91 bits per heavy atom. The van der Waals surface area contributed by atoms with Gasteiger partial charge in [0.15, 0.2) is 6.61 Å². The standard InChI is InChI=1S/C17H20N2O4/c1-2-22-14-7-5-13(6-8-14)16(21)23-11-15(20)19-17(12-18)9-3-4-10-17/h5-8H,2-4,9-11H2,1H3,(H,19,20). The normalized spacial score (nSPS) is 15.5. The Bertz CT molecular complexity index is 598. The van der Waals surface area contributed by atoms with Gasteiger partial charge in [0, 0.05) is 0 Å². The van der Waals surface area contributed by atoms with E-state index in [9.17, 15) is 14.9 Å². The lowest BCUT2D eigenvalue weighted by atomic mass is 10.00. The summed E-state index contributed by atoms with van der Waals surface area (Å²) in [5.41, 5.74) is -0.458. The van der Waals surface area contributed by atoms with Crippen molar-refractivity contribution in [3.63, 3.8) is 0 Å². The molecule has 6 heteroatoms. The van der Waals surface area contributed by atoms with Crippen LogP contribution >= 0.6 is 0 Å². The van der Waals surface area contributed by atoms with E-state index in [1.807, 2.05) is 6.92 Å². The minimum Gasteiger partial charge on any atom is -0.494 e. The molecule has 0 heterocycles. The van der Waals surface area contributed by atoms with Crippen LogP contribution in [-0.4, -0.2) is 30.6 Å². The van der Waals surface area contributed by atoms with Crippen LogP contribution in [0.5, 0.6) is 5.75 Å². The maximum atomic E-state index is 11.9. The van der Waals surface area contributed by atoms with Crippen LogP contribution in [-0.2, 0) is 9.53 Å². The summed E-state index contributed by atoms with van der Waals surface area (Å²) in [6.07, 6.45) is 3.11. The first-order chi connectivity index (χ1) is 11.1. The second-order valence-corrected chi connectivity index (χ2v) is 5.48. The lowest BCUT2D eigenvalue weighted by Gasteiger charge is -2.21. The Morgan fingerprint density at radius 3 is 2.48 bits per heavy atom. The van der Waals surface area contributed by atoms with E-state index in [1.54, 1.807) is 24.3 Å². The van der Waals surface area contributed by atoms with Crippen molar-refractivity contribution < 1.29 is 19.1 Å². The number of esters is 1. The van der Waals surface area contributed by atoms with E-state index in [4.69, 9.17) is 9.47 Å². The highest BCUT2D eigenvalue weighted by Crippen LogP contribution is 2.28. The molecule has 1 aromatic carbocycles. The molecule has 0 bridgehead atoms. The summed E-state index contributed by atoms with van der Waals surface area (Å²) in [7, 11) is 0. The quantitative estimate of drug-likeness (QED) is 0.813. The van der Waals surface area contributed by atoms with Gasteiger partial charge < -0.3 is 14.8 Å². The third-order valence-corrected chi connectivity index (χ3v) is 3.79. The fourth-order valence-electron chi connectivity index (χ4n) is 2.61. The SMILES string of the molecule is CCOc1ccc(C(=O)OCC(=O)NC2(C#N)CCCC2)cc1. The summed E-state index contributed by atoms with van der Waals surface area (Å²) in [5.74, 6) is -0.368. The van der Waals surface area contributed by atoms with Gasteiger partial charge in [0.25, 0.3) is 5.91 Å². The first-order valence-corrected chi connectivity index (χ1v) is 7.71. The largest absolute Gasteiger partial charge is 0.494 e. The fourth-order valence-corrected chi connectivity index (χ4v) is 2.61. The van der Waals surface area contributed by atoms with E-state index in [0.717, 1.165) is 12.8 Å². The van der Waals surface area contributed by atoms with Crippen LogP contribution in [0.15, 0.2) is 24.3 Å². The number of carbonyl (C=O) groups is 2. The van der Waals surface area contributed by atoms with Crippen molar-refractivity contribution in [3.05, 3.63) is 29.8 Å². The predicted molar refractivity (Wildman–Crippen MR) is 82.8 cm³/mol. The summed E-state index contributed by atoms with van der Waals surface area (Å²) in [6, 6.07) is 8.66. The second-order valence-electron chi connectivity index (χ2n) is 5.48. The maximum absolute atomic E-state index is 11.9. The number of benzene rings is 1. The van der Waals surface area contributed by atoms with Crippen molar-refractivity contribution in [1.82, 2.24) is 5.32 Å². The Balaban J connectivity index is 1.84. The molecule has 0 unspecified atom stereocenters. The van der Waals surface area contributed by atoms with Gasteiger partial charge in [0.05, 0.1) is 18.2 Å². The number of hydrogen-bond acceptors (Lipinski definition) is 5. The molecule has 0 aromatic heterocycles. The van der Waals surface area contributed by atoms with Gasteiger partial charge in [-0.3, -0.25) is 4.79 Å². The first-order valence-electron chi connectivity index (χ1n) is 7.71. The molecule has 0 aliphatic heterocycles. The van der Waals surface area contributed by atoms with Gasteiger partial charge in [-0.25, -0.2) is 4.79 Å². The van der Waals surface area contributed by atoms with E-state index in [-0.39, 0.29) is 0 Å². The Kier molecular flexibility index (Phi) is 5.58. The molecule has 0 spiro atoms. The molecule has 0 atom stereocenters. The van der Waals surface area contributed by atoms with E-state index in [0.29, 0.717) is 30.8 Å². The molecule has 1 aromatic rings. The van der Waals surface area contributed by atoms with Crippen LogP contribution in [0.1, 0.15) is 43.0 Å². The van der Waals surface area contributed by atoms with Crippen molar-refractivity contribution in [1.29, 1.82) is 5.26 Å². The highest BCUT2D eigenvalue weighted by molar-refractivity contribution is 5.91. The predicted octanol–water partition coefficient (Wildman–Crippen LogP) is 2.19. The van der Waals surface area contributed by atoms with Gasteiger partial charge >= 0.3 is 5.97 Å². The van der Waals surface area contributed by atoms with E-state index in [1.165, 1.54) is 0 Å². The topological polar surface area (TPSA) is 88.4 Å². The van der Waals surface area contributed by atoms with Crippen molar-refractivity contribution in [3.8, 4) is 11.8 Å². The van der Waals surface area contributed by atoms with Gasteiger partial charge in [-0.05, 0) is 56.9 Å². The molecule has 0 radical (unpaired) electrons. The third kappa shape index (κ3) is 4.46. The van der Waals surface area contributed by atoms with Crippen molar-refractivity contribution in [2.24, 2.45) is 0 Å². The summed E-state index contributed by atoms with van der Waals surface area (Å²) >= 11 is 0. The minimum atomic E-state index is -0.803.